The summed E-state index contributed by atoms with van der Waals surface area (Å²) in [5, 5.41) is 13.5. The van der Waals surface area contributed by atoms with Crippen LogP contribution in [0.4, 0.5) is 0 Å². The van der Waals surface area contributed by atoms with Crippen molar-refractivity contribution in [2.75, 3.05) is 0 Å². The van der Waals surface area contributed by atoms with Crippen LogP contribution in [-0.4, -0.2) is 18.9 Å². The van der Waals surface area contributed by atoms with Gasteiger partial charge in [0, 0.05) is 32.5 Å². The molecule has 0 amide bonds. The molecule has 4 aromatic heterocycles. The van der Waals surface area contributed by atoms with Gasteiger partial charge in [-0.15, -0.1) is 0 Å². The molecule has 0 aliphatic rings. The number of hydrogen-bond acceptors (Lipinski definition) is 2. The molecule has 0 N–H and O–H groups in total. The van der Waals surface area contributed by atoms with Crippen LogP contribution in [0.3, 0.4) is 0 Å². The fraction of sp³-hybridized carbons (Fsp3) is 0. The zero-order valence-corrected chi connectivity index (χ0v) is 26.8. The first-order chi connectivity index (χ1) is 24.8. The quantitative estimate of drug-likeness (QED) is 0.190. The topological polar surface area (TPSA) is 35.1 Å². The van der Waals surface area contributed by atoms with E-state index in [0.29, 0.717) is 0 Å². The smallest absolute Gasteiger partial charge is 0.166 e. The van der Waals surface area contributed by atoms with Gasteiger partial charge in [-0.2, -0.15) is 0 Å². The van der Waals surface area contributed by atoms with Crippen LogP contribution in [0.2, 0.25) is 0 Å². The monoisotopic (exact) mass is 634 g/mol. The van der Waals surface area contributed by atoms with Crippen LogP contribution in [0, 0.1) is 0 Å². The van der Waals surface area contributed by atoms with E-state index in [1.807, 2.05) is 6.07 Å². The summed E-state index contributed by atoms with van der Waals surface area (Å²) in [6.45, 7) is 0. The molecule has 0 saturated heterocycles. The van der Waals surface area contributed by atoms with E-state index >= 15 is 0 Å². The number of fused-ring (bicyclic) bond motifs is 13. The van der Waals surface area contributed by atoms with E-state index in [9.17, 15) is 0 Å². The van der Waals surface area contributed by atoms with E-state index in [0.717, 1.165) is 44.7 Å². The number of hydrogen-bond donors (Lipinski definition) is 0. The normalized spacial score (nSPS) is 12.4. The van der Waals surface area contributed by atoms with Gasteiger partial charge in [-0.1, -0.05) is 121 Å². The fourth-order valence-corrected chi connectivity index (χ4v) is 8.66. The van der Waals surface area contributed by atoms with Gasteiger partial charge in [0.15, 0.2) is 5.82 Å². The number of rotatable bonds is 2. The summed E-state index contributed by atoms with van der Waals surface area (Å²) < 4.78 is 4.90. The number of para-hydroxylation sites is 3. The van der Waals surface area contributed by atoms with Crippen molar-refractivity contribution < 1.29 is 0 Å². The maximum absolute atomic E-state index is 5.54. The van der Waals surface area contributed by atoms with Crippen LogP contribution in [0.5, 0.6) is 0 Å². The Morgan fingerprint density at radius 3 is 1.86 bits per heavy atom. The van der Waals surface area contributed by atoms with Crippen molar-refractivity contribution in [3.05, 3.63) is 158 Å². The molecular weight excluding hydrogens is 609 g/mol. The van der Waals surface area contributed by atoms with Crippen molar-refractivity contribution >= 4 is 92.5 Å². The van der Waals surface area contributed by atoms with E-state index in [-0.39, 0.29) is 0 Å². The van der Waals surface area contributed by atoms with Gasteiger partial charge in [-0.3, -0.25) is 8.97 Å². The lowest BCUT2D eigenvalue weighted by Gasteiger charge is -2.15. The average Bonchev–Trinajstić information content (AvgIpc) is 3.80. The van der Waals surface area contributed by atoms with Crippen molar-refractivity contribution in [3.63, 3.8) is 0 Å². The lowest BCUT2D eigenvalue weighted by molar-refractivity contribution is 1.05. The van der Waals surface area contributed by atoms with Crippen LogP contribution in [0.1, 0.15) is 0 Å². The molecule has 8 aromatic carbocycles. The van der Waals surface area contributed by atoms with Gasteiger partial charge in [0.25, 0.3) is 0 Å². The molecule has 4 nitrogen and oxygen atoms in total. The maximum atomic E-state index is 5.54. The van der Waals surface area contributed by atoms with Gasteiger partial charge in [0.2, 0.25) is 0 Å². The third-order valence-corrected chi connectivity index (χ3v) is 10.8. The SMILES string of the molecule is c1ccc2cc3c(cc2c1)c1c2cc4ccccc4c4c5ccccc5n(c24)c1n3-c1nc2ccccc2nc1-c1cccc2ccccc12. The summed E-state index contributed by atoms with van der Waals surface area (Å²) in [5.74, 6) is 0.824. The third kappa shape index (κ3) is 3.30. The molecule has 230 valence electrons. The van der Waals surface area contributed by atoms with Crippen LogP contribution >= 0.6 is 0 Å². The molecule has 0 fully saturated rings. The Morgan fingerprint density at radius 2 is 1.02 bits per heavy atom. The third-order valence-electron chi connectivity index (χ3n) is 10.8. The Bertz CT molecular complexity index is 3380. The van der Waals surface area contributed by atoms with Gasteiger partial charge >= 0.3 is 0 Å². The van der Waals surface area contributed by atoms with Crippen molar-refractivity contribution in [1.82, 2.24) is 18.9 Å². The van der Waals surface area contributed by atoms with Crippen LogP contribution in [0.15, 0.2) is 158 Å². The highest BCUT2D eigenvalue weighted by Gasteiger charge is 2.28. The van der Waals surface area contributed by atoms with Gasteiger partial charge in [-0.25, -0.2) is 9.97 Å². The molecule has 0 radical (unpaired) electrons. The van der Waals surface area contributed by atoms with E-state index in [1.54, 1.807) is 0 Å². The summed E-state index contributed by atoms with van der Waals surface area (Å²) in [6.07, 6.45) is 0. The molecule has 0 saturated carbocycles. The highest BCUT2D eigenvalue weighted by atomic mass is 15.2. The molecule has 12 rings (SSSR count). The molecule has 50 heavy (non-hydrogen) atoms. The second-order valence-electron chi connectivity index (χ2n) is 13.4. The molecule has 4 heteroatoms. The largest absolute Gasteiger partial charge is 0.294 e. The summed E-state index contributed by atoms with van der Waals surface area (Å²) >= 11 is 0. The zero-order chi connectivity index (χ0) is 32.5. The summed E-state index contributed by atoms with van der Waals surface area (Å²) in [4.78, 5) is 11.0. The Balaban J connectivity index is 1.38. The minimum Gasteiger partial charge on any atom is -0.294 e. The molecule has 4 heterocycles. The molecule has 0 spiro atoms. The number of benzene rings is 8. The molecular formula is C46H26N4. The first-order valence-electron chi connectivity index (χ1n) is 17.1. The van der Waals surface area contributed by atoms with Gasteiger partial charge < -0.3 is 0 Å². The predicted octanol–water partition coefficient (Wildman–Crippen LogP) is 11.9. The highest BCUT2D eigenvalue weighted by molar-refractivity contribution is 6.35. The van der Waals surface area contributed by atoms with Gasteiger partial charge in [0.1, 0.15) is 11.3 Å². The second-order valence-corrected chi connectivity index (χ2v) is 13.4. The number of nitrogens with zero attached hydrogens (tertiary/aromatic N) is 4. The minimum absolute atomic E-state index is 0.824. The summed E-state index contributed by atoms with van der Waals surface area (Å²) in [6, 6.07) is 56.8. The van der Waals surface area contributed by atoms with Crippen LogP contribution in [0.25, 0.3) is 110 Å². The minimum atomic E-state index is 0.824. The average molecular weight is 635 g/mol. The van der Waals surface area contributed by atoms with Crippen molar-refractivity contribution in [2.24, 2.45) is 0 Å². The lowest BCUT2D eigenvalue weighted by atomic mass is 9.99. The Hall–Kier alpha value is -6.78. The molecule has 0 unspecified atom stereocenters. The molecule has 0 bridgehead atoms. The van der Waals surface area contributed by atoms with E-state index in [1.165, 1.54) is 64.9 Å². The predicted molar refractivity (Wildman–Crippen MR) is 209 cm³/mol. The Kier molecular flexibility index (Phi) is 4.94. The van der Waals surface area contributed by atoms with E-state index in [4.69, 9.17) is 9.97 Å². The van der Waals surface area contributed by atoms with Gasteiger partial charge in [-0.05, 0) is 68.7 Å². The molecule has 0 aliphatic heterocycles. The van der Waals surface area contributed by atoms with Crippen molar-refractivity contribution in [3.8, 4) is 17.1 Å². The lowest BCUT2D eigenvalue weighted by Crippen LogP contribution is -2.05. The molecule has 12 aromatic rings. The number of aromatic nitrogens is 4. The van der Waals surface area contributed by atoms with E-state index < -0.39 is 0 Å². The zero-order valence-electron chi connectivity index (χ0n) is 26.8. The fourth-order valence-electron chi connectivity index (χ4n) is 8.66. The van der Waals surface area contributed by atoms with Gasteiger partial charge in [0.05, 0.1) is 27.6 Å². The first-order valence-corrected chi connectivity index (χ1v) is 17.1. The van der Waals surface area contributed by atoms with E-state index in [2.05, 4.69) is 161 Å². The summed E-state index contributed by atoms with van der Waals surface area (Å²) in [5.41, 5.74) is 8.33. The Labute approximate surface area is 285 Å². The van der Waals surface area contributed by atoms with Crippen LogP contribution < -0.4 is 0 Å². The maximum Gasteiger partial charge on any atom is 0.166 e. The second kappa shape index (κ2) is 9.43. The van der Waals surface area contributed by atoms with Crippen molar-refractivity contribution in [2.45, 2.75) is 0 Å². The standard InChI is InChI=1S/C46H26N4/c1-2-14-29-26-40-35(24-28(29)13-1)42-36-25-30-15-4-6-18-32(30)41-34-19-7-10-23-39(34)49(44(36)41)46(42)50(40)45-43(47-37-21-8-9-22-38(37)48-45)33-20-11-16-27-12-3-5-17-31(27)33/h1-26H. The Morgan fingerprint density at radius 1 is 0.400 bits per heavy atom. The van der Waals surface area contributed by atoms with Crippen molar-refractivity contribution in [1.29, 1.82) is 0 Å². The van der Waals surface area contributed by atoms with Crippen LogP contribution in [-0.2, 0) is 0 Å². The first kappa shape index (κ1) is 26.2. The molecule has 0 atom stereocenters. The highest BCUT2D eigenvalue weighted by Crippen LogP contribution is 2.48. The summed E-state index contributed by atoms with van der Waals surface area (Å²) in [7, 11) is 0. The molecule has 0 aliphatic carbocycles.